The molecule has 1 aromatic carbocycles. The lowest BCUT2D eigenvalue weighted by molar-refractivity contribution is 0.413. The Bertz CT molecular complexity index is 564. The summed E-state index contributed by atoms with van der Waals surface area (Å²) in [5, 5.41) is 12.3. The molecule has 0 radical (unpaired) electrons. The topological polar surface area (TPSA) is 78.4 Å². The monoisotopic (exact) mass is 314 g/mol. The summed E-state index contributed by atoms with van der Waals surface area (Å²) in [6.07, 6.45) is 5.54. The average Bonchev–Trinajstić information content (AvgIpc) is 2.39. The predicted molar refractivity (Wildman–Crippen MR) is 81.0 cm³/mol. The number of phenolic OH excluding ortho intramolecular Hbond substituents is 1. The lowest BCUT2D eigenvalue weighted by atomic mass is 9.96. The van der Waals surface area contributed by atoms with Crippen molar-refractivity contribution in [2.45, 2.75) is 43.0 Å². The normalized spacial score (nSPS) is 16.6. The van der Waals surface area contributed by atoms with E-state index < -0.39 is 10.0 Å². The number of rotatable bonds is 3. The summed E-state index contributed by atoms with van der Waals surface area (Å²) in [4.78, 5) is 0.0723. The van der Waals surface area contributed by atoms with E-state index in [1.165, 1.54) is 30.7 Å². The van der Waals surface area contributed by atoms with Gasteiger partial charge in [0.25, 0.3) is 10.0 Å². The summed E-state index contributed by atoms with van der Waals surface area (Å²) in [7, 11) is -3.69. The Labute approximate surface area is 124 Å². The van der Waals surface area contributed by atoms with Crippen molar-refractivity contribution in [3.8, 4) is 5.75 Å². The van der Waals surface area contributed by atoms with E-state index in [0.29, 0.717) is 0 Å². The minimum atomic E-state index is -3.69. The van der Waals surface area contributed by atoms with Gasteiger partial charge in [0.15, 0.2) is 5.11 Å². The Morgan fingerprint density at radius 2 is 1.75 bits per heavy atom. The number of sulfonamides is 1. The van der Waals surface area contributed by atoms with Crippen LogP contribution in [-0.4, -0.2) is 24.7 Å². The quantitative estimate of drug-likeness (QED) is 0.743. The molecule has 2 rings (SSSR count). The lowest BCUT2D eigenvalue weighted by Gasteiger charge is -2.24. The fraction of sp³-hybridized carbons (Fsp3) is 0.462. The molecule has 0 atom stereocenters. The van der Waals surface area contributed by atoms with Crippen LogP contribution in [0.2, 0.25) is 0 Å². The van der Waals surface area contributed by atoms with Crippen LogP contribution in [0.4, 0.5) is 0 Å². The van der Waals surface area contributed by atoms with Gasteiger partial charge in [-0.05, 0) is 49.3 Å². The molecule has 0 aromatic heterocycles. The Kier molecular flexibility index (Phi) is 4.82. The first-order valence-electron chi connectivity index (χ1n) is 6.60. The van der Waals surface area contributed by atoms with Gasteiger partial charge in [-0.2, -0.15) is 0 Å². The highest BCUT2D eigenvalue weighted by Crippen LogP contribution is 2.17. The molecule has 0 saturated heterocycles. The van der Waals surface area contributed by atoms with Crippen LogP contribution in [0, 0.1) is 0 Å². The van der Waals surface area contributed by atoms with E-state index in [4.69, 9.17) is 17.3 Å². The standard InChI is InChI=1S/C13H18N2O3S2/c16-11-6-8-12(9-7-11)20(17,18)15-13(19)14-10-4-2-1-3-5-10/h6-10,16H,1-5H2,(H2,14,15,19). The largest absolute Gasteiger partial charge is 0.508 e. The maximum atomic E-state index is 12.1. The fourth-order valence-corrected chi connectivity index (χ4v) is 3.68. The van der Waals surface area contributed by atoms with Crippen LogP contribution in [0.5, 0.6) is 5.75 Å². The molecule has 1 saturated carbocycles. The number of hydrogen-bond acceptors (Lipinski definition) is 4. The van der Waals surface area contributed by atoms with Gasteiger partial charge in [-0.15, -0.1) is 0 Å². The Morgan fingerprint density at radius 1 is 1.15 bits per heavy atom. The minimum absolute atomic E-state index is 0.0202. The van der Waals surface area contributed by atoms with Gasteiger partial charge in [-0.25, -0.2) is 8.42 Å². The van der Waals surface area contributed by atoms with Gasteiger partial charge in [0.05, 0.1) is 4.90 Å². The lowest BCUT2D eigenvalue weighted by Crippen LogP contribution is -2.44. The van der Waals surface area contributed by atoms with Crippen molar-refractivity contribution in [2.24, 2.45) is 0 Å². The maximum Gasteiger partial charge on any atom is 0.263 e. The molecule has 0 amide bonds. The first-order valence-corrected chi connectivity index (χ1v) is 8.49. The van der Waals surface area contributed by atoms with Gasteiger partial charge in [-0.1, -0.05) is 19.3 Å². The van der Waals surface area contributed by atoms with Crippen LogP contribution in [0.15, 0.2) is 29.2 Å². The summed E-state index contributed by atoms with van der Waals surface area (Å²) in [6.45, 7) is 0. The molecule has 0 unspecified atom stereocenters. The van der Waals surface area contributed by atoms with Crippen LogP contribution >= 0.6 is 12.2 Å². The summed E-state index contributed by atoms with van der Waals surface area (Å²) >= 11 is 5.06. The highest BCUT2D eigenvalue weighted by molar-refractivity contribution is 7.91. The molecule has 7 heteroatoms. The number of hydrogen-bond donors (Lipinski definition) is 3. The van der Waals surface area contributed by atoms with Gasteiger partial charge < -0.3 is 10.4 Å². The molecular formula is C13H18N2O3S2. The van der Waals surface area contributed by atoms with Crippen molar-refractivity contribution >= 4 is 27.4 Å². The molecule has 1 aromatic rings. The second kappa shape index (κ2) is 6.41. The molecule has 1 aliphatic rings. The molecule has 0 heterocycles. The van der Waals surface area contributed by atoms with Crippen LogP contribution in [0.25, 0.3) is 0 Å². The van der Waals surface area contributed by atoms with E-state index in [2.05, 4.69) is 10.0 Å². The summed E-state index contributed by atoms with van der Waals surface area (Å²) in [6, 6.07) is 5.57. The SMILES string of the molecule is O=S(=O)(NC(=S)NC1CCCCC1)c1ccc(O)cc1. The third-order valence-corrected chi connectivity index (χ3v) is 5.03. The third-order valence-electron chi connectivity index (χ3n) is 3.31. The van der Waals surface area contributed by atoms with Crippen molar-refractivity contribution in [1.29, 1.82) is 0 Å². The summed E-state index contributed by atoms with van der Waals surface area (Å²) < 4.78 is 26.5. The number of thiocarbonyl (C=S) groups is 1. The van der Waals surface area contributed by atoms with Crippen LogP contribution in [0.1, 0.15) is 32.1 Å². The first-order chi connectivity index (χ1) is 9.47. The number of nitrogens with one attached hydrogen (secondary N) is 2. The zero-order chi connectivity index (χ0) is 14.6. The predicted octanol–water partition coefficient (Wildman–Crippen LogP) is 1.88. The second-order valence-corrected chi connectivity index (χ2v) is 7.00. The highest BCUT2D eigenvalue weighted by atomic mass is 32.2. The minimum Gasteiger partial charge on any atom is -0.508 e. The summed E-state index contributed by atoms with van der Waals surface area (Å²) in [5.74, 6) is 0.0202. The molecule has 1 fully saturated rings. The second-order valence-electron chi connectivity index (χ2n) is 4.91. The molecule has 0 bridgehead atoms. The highest BCUT2D eigenvalue weighted by Gasteiger charge is 2.18. The van der Waals surface area contributed by atoms with Gasteiger partial charge in [0.1, 0.15) is 5.75 Å². The van der Waals surface area contributed by atoms with Crippen molar-refractivity contribution in [1.82, 2.24) is 10.0 Å². The van der Waals surface area contributed by atoms with E-state index in [0.717, 1.165) is 25.7 Å². The molecule has 5 nitrogen and oxygen atoms in total. The zero-order valence-corrected chi connectivity index (χ0v) is 12.6. The van der Waals surface area contributed by atoms with Crippen LogP contribution in [-0.2, 0) is 10.0 Å². The molecular weight excluding hydrogens is 296 g/mol. The van der Waals surface area contributed by atoms with Crippen LogP contribution < -0.4 is 10.0 Å². The third kappa shape index (κ3) is 4.08. The Hall–Kier alpha value is -1.34. The van der Waals surface area contributed by atoms with E-state index in [-0.39, 0.29) is 21.8 Å². The first kappa shape index (κ1) is 15.1. The molecule has 20 heavy (non-hydrogen) atoms. The van der Waals surface area contributed by atoms with Gasteiger partial charge in [0.2, 0.25) is 0 Å². The zero-order valence-electron chi connectivity index (χ0n) is 11.0. The molecule has 3 N–H and O–H groups in total. The number of aromatic hydroxyl groups is 1. The van der Waals surface area contributed by atoms with E-state index in [9.17, 15) is 8.42 Å². The van der Waals surface area contributed by atoms with Gasteiger partial charge >= 0.3 is 0 Å². The fourth-order valence-electron chi connectivity index (χ4n) is 2.27. The van der Waals surface area contributed by atoms with Crippen molar-refractivity contribution in [3.63, 3.8) is 0 Å². The molecule has 1 aliphatic carbocycles. The number of benzene rings is 1. The molecule has 0 spiro atoms. The van der Waals surface area contributed by atoms with Gasteiger partial charge in [0, 0.05) is 6.04 Å². The van der Waals surface area contributed by atoms with Crippen molar-refractivity contribution in [3.05, 3.63) is 24.3 Å². The maximum absolute atomic E-state index is 12.1. The van der Waals surface area contributed by atoms with Crippen molar-refractivity contribution in [2.75, 3.05) is 0 Å². The summed E-state index contributed by atoms with van der Waals surface area (Å²) in [5.41, 5.74) is 0. The average molecular weight is 314 g/mol. The Morgan fingerprint density at radius 3 is 2.35 bits per heavy atom. The number of phenols is 1. The van der Waals surface area contributed by atoms with E-state index in [1.807, 2.05) is 0 Å². The van der Waals surface area contributed by atoms with Crippen LogP contribution in [0.3, 0.4) is 0 Å². The molecule has 0 aliphatic heterocycles. The van der Waals surface area contributed by atoms with E-state index in [1.54, 1.807) is 0 Å². The molecule has 110 valence electrons. The van der Waals surface area contributed by atoms with Crippen molar-refractivity contribution < 1.29 is 13.5 Å². The van der Waals surface area contributed by atoms with Gasteiger partial charge in [-0.3, -0.25) is 4.72 Å². The smallest absolute Gasteiger partial charge is 0.263 e. The van der Waals surface area contributed by atoms with E-state index >= 15 is 0 Å². The Balaban J connectivity index is 1.97.